The predicted molar refractivity (Wildman–Crippen MR) is 43.2 cm³/mol. The van der Waals surface area contributed by atoms with Gasteiger partial charge in [0.25, 0.3) is 0 Å². The molecule has 0 unspecified atom stereocenters. The third-order valence-electron chi connectivity index (χ3n) is 1.73. The zero-order valence-electron chi connectivity index (χ0n) is 6.35. The second kappa shape index (κ2) is 2.78. The lowest BCUT2D eigenvalue weighted by atomic mass is 10.2. The van der Waals surface area contributed by atoms with E-state index in [1.54, 1.807) is 0 Å². The first-order chi connectivity index (χ1) is 4.74. The number of nitrogens with two attached hydrogens (primary N) is 1. The largest absolute Gasteiger partial charge is 0.386 e. The van der Waals surface area contributed by atoms with Crippen LogP contribution in [0.5, 0.6) is 0 Å². The number of nitrogens with one attached hydrogen (secondary N) is 1. The second-order valence-electron chi connectivity index (χ2n) is 2.70. The van der Waals surface area contributed by atoms with Gasteiger partial charge in [-0.1, -0.05) is 6.58 Å². The molecule has 0 amide bonds. The van der Waals surface area contributed by atoms with Crippen LogP contribution in [0, 0.1) is 5.92 Å². The fraction of sp³-hybridized carbons (Fsp3) is 0.500. The Kier molecular flexibility index (Phi) is 2.00. The first kappa shape index (κ1) is 7.19. The molecule has 0 saturated heterocycles. The third-order valence-corrected chi connectivity index (χ3v) is 1.73. The summed E-state index contributed by atoms with van der Waals surface area (Å²) in [5.74, 6) is 1.42. The van der Waals surface area contributed by atoms with Gasteiger partial charge in [0.2, 0.25) is 0 Å². The summed E-state index contributed by atoms with van der Waals surface area (Å²) in [7, 11) is 1.81. The molecule has 3 N–H and O–H groups in total. The Balaban J connectivity index is 2.41. The van der Waals surface area contributed by atoms with Gasteiger partial charge in [0.15, 0.2) is 0 Å². The van der Waals surface area contributed by atoms with Gasteiger partial charge in [-0.25, -0.2) is 0 Å². The van der Waals surface area contributed by atoms with E-state index in [0.29, 0.717) is 11.7 Å². The van der Waals surface area contributed by atoms with Crippen LogP contribution >= 0.6 is 0 Å². The van der Waals surface area contributed by atoms with E-state index in [1.165, 1.54) is 12.8 Å². The van der Waals surface area contributed by atoms with Crippen molar-refractivity contribution in [3.05, 3.63) is 24.0 Å². The molecule has 0 bridgehead atoms. The Morgan fingerprint density at radius 3 is 2.70 bits per heavy atom. The molecular formula is C8H14N2. The molecule has 1 aliphatic rings. The summed E-state index contributed by atoms with van der Waals surface area (Å²) in [4.78, 5) is 0. The summed E-state index contributed by atoms with van der Waals surface area (Å²) >= 11 is 0. The molecule has 0 spiro atoms. The third kappa shape index (κ3) is 1.79. The number of hydrogen-bond acceptors (Lipinski definition) is 2. The molecule has 0 aliphatic heterocycles. The zero-order chi connectivity index (χ0) is 7.56. The fourth-order valence-electron chi connectivity index (χ4n) is 0.844. The van der Waals surface area contributed by atoms with Crippen LogP contribution in [0.15, 0.2) is 24.0 Å². The van der Waals surface area contributed by atoms with E-state index in [2.05, 4.69) is 11.9 Å². The first-order valence-corrected chi connectivity index (χ1v) is 3.57. The van der Waals surface area contributed by atoms with Crippen molar-refractivity contribution < 1.29 is 0 Å². The average Bonchev–Trinajstić information content (AvgIpc) is 2.68. The monoisotopic (exact) mass is 138 g/mol. The van der Waals surface area contributed by atoms with Gasteiger partial charge in [0, 0.05) is 7.05 Å². The number of allylic oxidation sites excluding steroid dienone is 2. The summed E-state index contributed by atoms with van der Waals surface area (Å²) in [5.41, 5.74) is 6.69. The molecule has 56 valence electrons. The zero-order valence-corrected chi connectivity index (χ0v) is 6.35. The van der Waals surface area contributed by atoms with E-state index >= 15 is 0 Å². The molecule has 0 heterocycles. The number of rotatable bonds is 3. The van der Waals surface area contributed by atoms with Crippen LogP contribution in [0.25, 0.3) is 0 Å². The van der Waals surface area contributed by atoms with Crippen molar-refractivity contribution in [2.24, 2.45) is 11.7 Å². The van der Waals surface area contributed by atoms with Crippen molar-refractivity contribution >= 4 is 0 Å². The summed E-state index contributed by atoms with van der Waals surface area (Å²) < 4.78 is 0. The smallest absolute Gasteiger partial charge is 0.0960 e. The van der Waals surface area contributed by atoms with Crippen molar-refractivity contribution in [1.82, 2.24) is 5.32 Å². The van der Waals surface area contributed by atoms with Crippen LogP contribution in [0.2, 0.25) is 0 Å². The maximum Gasteiger partial charge on any atom is 0.0960 e. The van der Waals surface area contributed by atoms with Gasteiger partial charge >= 0.3 is 0 Å². The van der Waals surface area contributed by atoms with Gasteiger partial charge in [0.05, 0.1) is 5.82 Å². The highest BCUT2D eigenvalue weighted by Crippen LogP contribution is 2.35. The van der Waals surface area contributed by atoms with Gasteiger partial charge in [-0.3, -0.25) is 0 Å². The molecule has 0 atom stereocenters. The quantitative estimate of drug-likeness (QED) is 0.570. The predicted octanol–water partition coefficient (Wildman–Crippen LogP) is 0.972. The van der Waals surface area contributed by atoms with Crippen molar-refractivity contribution in [3.63, 3.8) is 0 Å². The van der Waals surface area contributed by atoms with Gasteiger partial charge in [-0.05, 0) is 30.4 Å². The maximum absolute atomic E-state index is 5.53. The molecule has 0 radical (unpaired) electrons. The SMILES string of the molecule is C=C(/C=C(/N)NC)C1CC1. The van der Waals surface area contributed by atoms with Crippen LogP contribution in [-0.4, -0.2) is 7.05 Å². The molecule has 0 aromatic rings. The van der Waals surface area contributed by atoms with E-state index in [0.717, 1.165) is 5.57 Å². The van der Waals surface area contributed by atoms with Gasteiger partial charge < -0.3 is 11.1 Å². The molecule has 1 rings (SSSR count). The molecule has 1 aliphatic carbocycles. The van der Waals surface area contributed by atoms with Crippen LogP contribution in [0.1, 0.15) is 12.8 Å². The van der Waals surface area contributed by atoms with Crippen LogP contribution in [-0.2, 0) is 0 Å². The Labute approximate surface area is 61.8 Å². The standard InChI is InChI=1S/C8H14N2/c1-6(7-3-4-7)5-8(9)10-2/h5,7,10H,1,3-4,9H2,2H3/b8-5-. The Morgan fingerprint density at radius 1 is 1.70 bits per heavy atom. The number of hydrogen-bond donors (Lipinski definition) is 2. The maximum atomic E-state index is 5.53. The lowest BCUT2D eigenvalue weighted by Crippen LogP contribution is -2.14. The van der Waals surface area contributed by atoms with Crippen LogP contribution < -0.4 is 11.1 Å². The molecule has 0 aromatic heterocycles. The molecule has 1 saturated carbocycles. The normalized spacial score (nSPS) is 18.7. The minimum absolute atomic E-state index is 0.705. The van der Waals surface area contributed by atoms with E-state index in [1.807, 2.05) is 13.1 Å². The van der Waals surface area contributed by atoms with Crippen molar-refractivity contribution in [1.29, 1.82) is 0 Å². The topological polar surface area (TPSA) is 38.0 Å². The fourth-order valence-corrected chi connectivity index (χ4v) is 0.844. The average molecular weight is 138 g/mol. The Bertz CT molecular complexity index is 166. The molecule has 10 heavy (non-hydrogen) atoms. The van der Waals surface area contributed by atoms with Crippen molar-refractivity contribution in [3.8, 4) is 0 Å². The minimum Gasteiger partial charge on any atom is -0.386 e. The van der Waals surface area contributed by atoms with E-state index in [9.17, 15) is 0 Å². The summed E-state index contributed by atoms with van der Waals surface area (Å²) in [6.45, 7) is 3.91. The molecule has 1 fully saturated rings. The summed E-state index contributed by atoms with van der Waals surface area (Å²) in [6.07, 6.45) is 4.48. The van der Waals surface area contributed by atoms with Crippen LogP contribution in [0.3, 0.4) is 0 Å². The van der Waals surface area contributed by atoms with Crippen LogP contribution in [0.4, 0.5) is 0 Å². The van der Waals surface area contributed by atoms with Gasteiger partial charge in [0.1, 0.15) is 0 Å². The molecular weight excluding hydrogens is 124 g/mol. The highest BCUT2D eigenvalue weighted by molar-refractivity contribution is 5.24. The van der Waals surface area contributed by atoms with Gasteiger partial charge in [-0.15, -0.1) is 0 Å². The lowest BCUT2D eigenvalue weighted by molar-refractivity contribution is 0.946. The molecule has 2 heteroatoms. The minimum atomic E-state index is 0.705. The highest BCUT2D eigenvalue weighted by atomic mass is 14.9. The molecule has 0 aromatic carbocycles. The first-order valence-electron chi connectivity index (χ1n) is 3.57. The Hall–Kier alpha value is -0.920. The van der Waals surface area contributed by atoms with Gasteiger partial charge in [-0.2, -0.15) is 0 Å². The lowest BCUT2D eigenvalue weighted by Gasteiger charge is -1.99. The van der Waals surface area contributed by atoms with E-state index in [4.69, 9.17) is 5.73 Å². The highest BCUT2D eigenvalue weighted by Gasteiger charge is 2.22. The second-order valence-corrected chi connectivity index (χ2v) is 2.70. The van der Waals surface area contributed by atoms with Crippen molar-refractivity contribution in [2.45, 2.75) is 12.8 Å². The molecule has 2 nitrogen and oxygen atoms in total. The Morgan fingerprint density at radius 2 is 2.30 bits per heavy atom. The van der Waals surface area contributed by atoms with E-state index in [-0.39, 0.29) is 0 Å². The summed E-state index contributed by atoms with van der Waals surface area (Å²) in [6, 6.07) is 0. The van der Waals surface area contributed by atoms with Crippen molar-refractivity contribution in [2.75, 3.05) is 7.05 Å². The summed E-state index contributed by atoms with van der Waals surface area (Å²) in [5, 5.41) is 2.86. The van der Waals surface area contributed by atoms with E-state index < -0.39 is 0 Å².